The molecule has 1 aromatic rings. The first-order valence-electron chi connectivity index (χ1n) is 7.21. The molecule has 1 heterocycles. The maximum absolute atomic E-state index is 12.7. The number of halogens is 1. The van der Waals surface area contributed by atoms with Crippen LogP contribution in [-0.4, -0.2) is 23.9 Å². The fourth-order valence-electron chi connectivity index (χ4n) is 2.60. The van der Waals surface area contributed by atoms with Crippen LogP contribution in [0.15, 0.2) is 18.2 Å². The summed E-state index contributed by atoms with van der Waals surface area (Å²) < 4.78 is 0. The van der Waals surface area contributed by atoms with Gasteiger partial charge in [0.15, 0.2) is 0 Å². The highest BCUT2D eigenvalue weighted by Crippen LogP contribution is 2.31. The number of carbonyl (C=O) groups is 2. The van der Waals surface area contributed by atoms with Crippen molar-refractivity contribution in [1.82, 2.24) is 5.32 Å². The van der Waals surface area contributed by atoms with E-state index in [1.165, 1.54) is 4.90 Å². The minimum Gasteiger partial charge on any atom is -0.342 e. The average Bonchev–Trinajstić information content (AvgIpc) is 2.39. The van der Waals surface area contributed by atoms with Crippen LogP contribution in [0.1, 0.15) is 32.8 Å². The van der Waals surface area contributed by atoms with Crippen LogP contribution in [0.2, 0.25) is 5.02 Å². The SMILES string of the molecule is Cc1ccc(Cl)c(N2C(=O)C(CC(C)C)NC(=O)C2C)c1. The molecule has 1 aliphatic rings. The lowest BCUT2D eigenvalue weighted by Crippen LogP contribution is -2.63. The quantitative estimate of drug-likeness (QED) is 0.933. The van der Waals surface area contributed by atoms with Gasteiger partial charge in [0.05, 0.1) is 10.7 Å². The van der Waals surface area contributed by atoms with E-state index in [-0.39, 0.29) is 11.8 Å². The fourth-order valence-corrected chi connectivity index (χ4v) is 2.80. The number of benzene rings is 1. The van der Waals surface area contributed by atoms with Gasteiger partial charge in [0, 0.05) is 0 Å². The predicted molar refractivity (Wildman–Crippen MR) is 84.5 cm³/mol. The molecule has 2 atom stereocenters. The molecule has 1 saturated heterocycles. The molecule has 2 amide bonds. The third-order valence-corrected chi connectivity index (χ3v) is 4.01. The van der Waals surface area contributed by atoms with Crippen LogP contribution in [0.4, 0.5) is 5.69 Å². The Morgan fingerprint density at radius 1 is 1.33 bits per heavy atom. The normalized spacial score (nSPS) is 22.7. The molecule has 114 valence electrons. The molecule has 1 aromatic carbocycles. The summed E-state index contributed by atoms with van der Waals surface area (Å²) in [6, 6.07) is 4.46. The monoisotopic (exact) mass is 308 g/mol. The molecular weight excluding hydrogens is 288 g/mol. The molecule has 21 heavy (non-hydrogen) atoms. The number of aryl methyl sites for hydroxylation is 1. The summed E-state index contributed by atoms with van der Waals surface area (Å²) in [6.45, 7) is 7.71. The highest BCUT2D eigenvalue weighted by atomic mass is 35.5. The molecule has 0 spiro atoms. The highest BCUT2D eigenvalue weighted by molar-refractivity contribution is 6.34. The van der Waals surface area contributed by atoms with Gasteiger partial charge in [-0.15, -0.1) is 0 Å². The number of carbonyl (C=O) groups excluding carboxylic acids is 2. The largest absolute Gasteiger partial charge is 0.342 e. The van der Waals surface area contributed by atoms with Crippen molar-refractivity contribution in [2.45, 2.75) is 46.2 Å². The molecular formula is C16H21ClN2O2. The second-order valence-electron chi connectivity index (χ2n) is 6.03. The van der Waals surface area contributed by atoms with Crippen LogP contribution in [0, 0.1) is 12.8 Å². The Hall–Kier alpha value is -1.55. The van der Waals surface area contributed by atoms with Crippen molar-refractivity contribution in [3.8, 4) is 0 Å². The summed E-state index contributed by atoms with van der Waals surface area (Å²) in [4.78, 5) is 26.4. The second kappa shape index (κ2) is 6.06. The third-order valence-electron chi connectivity index (χ3n) is 3.69. The van der Waals surface area contributed by atoms with Crippen LogP contribution >= 0.6 is 11.6 Å². The Bertz CT molecular complexity index is 571. The van der Waals surface area contributed by atoms with Crippen molar-refractivity contribution in [3.63, 3.8) is 0 Å². The number of nitrogens with one attached hydrogen (secondary N) is 1. The van der Waals surface area contributed by atoms with Crippen molar-refractivity contribution in [3.05, 3.63) is 28.8 Å². The standard InChI is InChI=1S/C16H21ClN2O2/c1-9(2)7-13-16(21)19(11(4)15(20)18-13)14-8-10(3)5-6-12(14)17/h5-6,8-9,11,13H,7H2,1-4H3,(H,18,20). The number of amides is 2. The Morgan fingerprint density at radius 3 is 2.62 bits per heavy atom. The van der Waals surface area contributed by atoms with Crippen molar-refractivity contribution in [2.24, 2.45) is 5.92 Å². The molecule has 1 N–H and O–H groups in total. The summed E-state index contributed by atoms with van der Waals surface area (Å²) in [5, 5.41) is 3.29. The fraction of sp³-hybridized carbons (Fsp3) is 0.500. The summed E-state index contributed by atoms with van der Waals surface area (Å²) in [7, 11) is 0. The number of nitrogens with zero attached hydrogens (tertiary/aromatic N) is 1. The van der Waals surface area contributed by atoms with Gasteiger partial charge in [0.2, 0.25) is 11.8 Å². The maximum Gasteiger partial charge on any atom is 0.250 e. The summed E-state index contributed by atoms with van der Waals surface area (Å²) in [5.41, 5.74) is 1.61. The Morgan fingerprint density at radius 2 is 2.00 bits per heavy atom. The van der Waals surface area contributed by atoms with Crippen molar-refractivity contribution >= 4 is 29.1 Å². The Kier molecular flexibility index (Phi) is 4.57. The number of hydrogen-bond donors (Lipinski definition) is 1. The van der Waals surface area contributed by atoms with E-state index in [0.29, 0.717) is 23.0 Å². The van der Waals surface area contributed by atoms with E-state index in [1.54, 1.807) is 13.0 Å². The maximum atomic E-state index is 12.7. The smallest absolute Gasteiger partial charge is 0.250 e. The zero-order valence-corrected chi connectivity index (χ0v) is 13.6. The van der Waals surface area contributed by atoms with Gasteiger partial charge in [0.1, 0.15) is 12.1 Å². The number of anilines is 1. The first-order valence-corrected chi connectivity index (χ1v) is 7.58. The second-order valence-corrected chi connectivity index (χ2v) is 6.44. The van der Waals surface area contributed by atoms with Gasteiger partial charge in [-0.3, -0.25) is 14.5 Å². The van der Waals surface area contributed by atoms with Crippen LogP contribution in [0.3, 0.4) is 0 Å². The molecule has 1 fully saturated rings. The van der Waals surface area contributed by atoms with E-state index in [9.17, 15) is 9.59 Å². The minimum absolute atomic E-state index is 0.0942. The lowest BCUT2D eigenvalue weighted by Gasteiger charge is -2.38. The van der Waals surface area contributed by atoms with E-state index in [4.69, 9.17) is 11.6 Å². The molecule has 2 unspecified atom stereocenters. The van der Waals surface area contributed by atoms with Gasteiger partial charge in [-0.25, -0.2) is 0 Å². The molecule has 2 rings (SSSR count). The summed E-state index contributed by atoms with van der Waals surface area (Å²) in [6.07, 6.45) is 0.622. The number of rotatable bonds is 3. The predicted octanol–water partition coefficient (Wildman–Crippen LogP) is 2.91. The summed E-state index contributed by atoms with van der Waals surface area (Å²) in [5.74, 6) is 0.0867. The number of piperazine rings is 1. The van der Waals surface area contributed by atoms with Crippen molar-refractivity contribution in [2.75, 3.05) is 4.90 Å². The first kappa shape index (κ1) is 15.8. The molecule has 4 nitrogen and oxygen atoms in total. The van der Waals surface area contributed by atoms with E-state index in [2.05, 4.69) is 5.32 Å². The lowest BCUT2D eigenvalue weighted by molar-refractivity contribution is -0.133. The number of hydrogen-bond acceptors (Lipinski definition) is 2. The highest BCUT2D eigenvalue weighted by Gasteiger charge is 2.39. The van der Waals surface area contributed by atoms with E-state index < -0.39 is 12.1 Å². The molecule has 0 bridgehead atoms. The minimum atomic E-state index is -0.555. The van der Waals surface area contributed by atoms with Gasteiger partial charge >= 0.3 is 0 Å². The third kappa shape index (κ3) is 3.21. The van der Waals surface area contributed by atoms with E-state index >= 15 is 0 Å². The first-order chi connectivity index (χ1) is 9.81. The molecule has 0 radical (unpaired) electrons. The Balaban J connectivity index is 2.41. The van der Waals surface area contributed by atoms with Crippen LogP contribution in [-0.2, 0) is 9.59 Å². The van der Waals surface area contributed by atoms with E-state index in [1.807, 2.05) is 32.9 Å². The zero-order chi connectivity index (χ0) is 15.7. The van der Waals surface area contributed by atoms with Gasteiger partial charge in [0.25, 0.3) is 0 Å². The molecule has 0 aliphatic carbocycles. The summed E-state index contributed by atoms with van der Waals surface area (Å²) >= 11 is 6.24. The topological polar surface area (TPSA) is 49.4 Å². The Labute approximate surface area is 130 Å². The van der Waals surface area contributed by atoms with Gasteiger partial charge in [-0.1, -0.05) is 31.5 Å². The zero-order valence-electron chi connectivity index (χ0n) is 12.8. The molecule has 5 heteroatoms. The van der Waals surface area contributed by atoms with Gasteiger partial charge in [-0.2, -0.15) is 0 Å². The van der Waals surface area contributed by atoms with Crippen LogP contribution < -0.4 is 10.2 Å². The van der Waals surface area contributed by atoms with Crippen molar-refractivity contribution < 1.29 is 9.59 Å². The molecule has 0 aromatic heterocycles. The lowest BCUT2D eigenvalue weighted by atomic mass is 9.98. The average molecular weight is 309 g/mol. The molecule has 1 aliphatic heterocycles. The van der Waals surface area contributed by atoms with Crippen LogP contribution in [0.25, 0.3) is 0 Å². The van der Waals surface area contributed by atoms with Gasteiger partial charge < -0.3 is 5.32 Å². The van der Waals surface area contributed by atoms with Gasteiger partial charge in [-0.05, 0) is 43.9 Å². The van der Waals surface area contributed by atoms with Crippen molar-refractivity contribution in [1.29, 1.82) is 0 Å². The molecule has 0 saturated carbocycles. The van der Waals surface area contributed by atoms with Crippen LogP contribution in [0.5, 0.6) is 0 Å². The van der Waals surface area contributed by atoms with E-state index in [0.717, 1.165) is 5.56 Å².